The van der Waals surface area contributed by atoms with Crippen molar-refractivity contribution in [3.05, 3.63) is 61.5 Å². The molecule has 0 radical (unpaired) electrons. The molecule has 2 aromatic carbocycles. The molecular weight excluding hydrogens is 471 g/mol. The molecule has 0 spiro atoms. The van der Waals surface area contributed by atoms with E-state index >= 15 is 0 Å². The van der Waals surface area contributed by atoms with E-state index in [9.17, 15) is 0 Å². The molecule has 1 nitrogen and oxygen atoms in total. The van der Waals surface area contributed by atoms with Crippen molar-refractivity contribution in [2.24, 2.45) is 0 Å². The Kier molecular flexibility index (Phi) is 5.96. The van der Waals surface area contributed by atoms with Gasteiger partial charge in [-0.3, -0.25) is 0 Å². The Morgan fingerprint density at radius 3 is 2.40 bits per heavy atom. The lowest BCUT2D eigenvalue weighted by Gasteiger charge is -2.16. The molecule has 0 heterocycles. The number of alkyl halides is 1. The van der Waals surface area contributed by atoms with Crippen molar-refractivity contribution in [2.45, 2.75) is 11.2 Å². The van der Waals surface area contributed by atoms with Crippen LogP contribution in [0.3, 0.4) is 0 Å². The van der Waals surface area contributed by atoms with E-state index in [1.165, 1.54) is 5.56 Å². The summed E-state index contributed by atoms with van der Waals surface area (Å²) in [6, 6.07) is 12.1. The van der Waals surface area contributed by atoms with Crippen LogP contribution in [0.25, 0.3) is 0 Å². The van der Waals surface area contributed by atoms with Gasteiger partial charge in [-0.25, -0.2) is 0 Å². The normalized spacial score (nSPS) is 12.2. The molecule has 0 saturated carbocycles. The van der Waals surface area contributed by atoms with Gasteiger partial charge in [-0.1, -0.05) is 55.6 Å². The van der Waals surface area contributed by atoms with E-state index in [1.807, 2.05) is 24.3 Å². The lowest BCUT2D eigenvalue weighted by molar-refractivity contribution is 0.407. The Hall–Kier alpha value is -0.0300. The SMILES string of the molecule is COc1c(Br)cc(Cl)cc1C(Br)Cc1ccc(Br)cc1. The van der Waals surface area contributed by atoms with Crippen molar-refractivity contribution in [3.63, 3.8) is 0 Å². The van der Waals surface area contributed by atoms with Crippen molar-refractivity contribution in [1.82, 2.24) is 0 Å². The van der Waals surface area contributed by atoms with Crippen LogP contribution in [0.15, 0.2) is 45.3 Å². The number of rotatable bonds is 4. The molecule has 0 aromatic heterocycles. The van der Waals surface area contributed by atoms with Crippen molar-refractivity contribution in [2.75, 3.05) is 7.11 Å². The molecule has 0 fully saturated rings. The summed E-state index contributed by atoms with van der Waals surface area (Å²) in [5.74, 6) is 0.813. The smallest absolute Gasteiger partial charge is 0.137 e. The quantitative estimate of drug-likeness (QED) is 0.448. The molecule has 0 bridgehead atoms. The van der Waals surface area contributed by atoms with Crippen molar-refractivity contribution in [1.29, 1.82) is 0 Å². The molecule has 5 heteroatoms. The van der Waals surface area contributed by atoms with Crippen LogP contribution >= 0.6 is 59.4 Å². The first kappa shape index (κ1) is 16.3. The van der Waals surface area contributed by atoms with Gasteiger partial charge in [0, 0.05) is 19.9 Å². The zero-order valence-electron chi connectivity index (χ0n) is 10.7. The minimum atomic E-state index is 0.133. The van der Waals surface area contributed by atoms with Crippen LogP contribution in [0.2, 0.25) is 5.02 Å². The molecule has 0 aliphatic heterocycles. The second-order valence-corrected chi connectivity index (χ2v) is 7.62. The van der Waals surface area contributed by atoms with Crippen molar-refractivity contribution < 1.29 is 4.74 Å². The molecule has 2 aromatic rings. The first-order valence-electron chi connectivity index (χ1n) is 5.92. The molecular formula is C15H12Br3ClO. The molecule has 0 N–H and O–H groups in total. The average Bonchev–Trinajstić information content (AvgIpc) is 2.40. The number of halogens is 4. The highest BCUT2D eigenvalue weighted by molar-refractivity contribution is 9.11. The predicted molar refractivity (Wildman–Crippen MR) is 95.2 cm³/mol. The summed E-state index contributed by atoms with van der Waals surface area (Å²) in [6.45, 7) is 0. The third-order valence-electron chi connectivity index (χ3n) is 2.91. The Labute approximate surface area is 149 Å². The fraction of sp³-hybridized carbons (Fsp3) is 0.200. The number of methoxy groups -OCH3 is 1. The van der Waals surface area contributed by atoms with E-state index in [0.717, 1.165) is 26.7 Å². The van der Waals surface area contributed by atoms with Gasteiger partial charge in [-0.15, -0.1) is 0 Å². The minimum absolute atomic E-state index is 0.133. The van der Waals surface area contributed by atoms with Gasteiger partial charge in [0.2, 0.25) is 0 Å². The number of hydrogen-bond acceptors (Lipinski definition) is 1. The Morgan fingerprint density at radius 1 is 1.15 bits per heavy atom. The van der Waals surface area contributed by atoms with Gasteiger partial charge in [-0.05, 0) is 52.2 Å². The second-order valence-electron chi connectivity index (χ2n) is 4.31. The van der Waals surface area contributed by atoms with Gasteiger partial charge in [-0.2, -0.15) is 0 Å². The molecule has 0 saturated heterocycles. The van der Waals surface area contributed by atoms with Crippen LogP contribution < -0.4 is 4.74 Å². The zero-order chi connectivity index (χ0) is 14.7. The summed E-state index contributed by atoms with van der Waals surface area (Å²) in [4.78, 5) is 0.133. The predicted octanol–water partition coefficient (Wildman–Crippen LogP) is 6.55. The minimum Gasteiger partial charge on any atom is -0.495 e. The molecule has 106 valence electrons. The molecule has 20 heavy (non-hydrogen) atoms. The summed E-state index contributed by atoms with van der Waals surface area (Å²) < 4.78 is 7.41. The fourth-order valence-electron chi connectivity index (χ4n) is 1.97. The highest BCUT2D eigenvalue weighted by Gasteiger charge is 2.17. The van der Waals surface area contributed by atoms with Gasteiger partial charge >= 0.3 is 0 Å². The van der Waals surface area contributed by atoms with E-state index in [1.54, 1.807) is 7.11 Å². The third kappa shape index (κ3) is 4.00. The van der Waals surface area contributed by atoms with Crippen LogP contribution in [0.4, 0.5) is 0 Å². The summed E-state index contributed by atoms with van der Waals surface area (Å²) in [7, 11) is 1.66. The topological polar surface area (TPSA) is 9.23 Å². The van der Waals surface area contributed by atoms with Gasteiger partial charge < -0.3 is 4.74 Å². The van der Waals surface area contributed by atoms with E-state index < -0.39 is 0 Å². The van der Waals surface area contributed by atoms with E-state index in [-0.39, 0.29) is 4.83 Å². The summed E-state index contributed by atoms with van der Waals surface area (Å²) in [5, 5.41) is 0.688. The largest absolute Gasteiger partial charge is 0.495 e. The highest BCUT2D eigenvalue weighted by atomic mass is 79.9. The maximum absolute atomic E-state index is 6.13. The molecule has 1 unspecified atom stereocenters. The summed E-state index contributed by atoms with van der Waals surface area (Å²) in [5.41, 5.74) is 2.28. The average molecular weight is 483 g/mol. The standard InChI is InChI=1S/C15H12Br3ClO/c1-20-15-12(7-11(19)8-14(15)18)13(17)6-9-2-4-10(16)5-3-9/h2-5,7-8,13H,6H2,1H3. The maximum atomic E-state index is 6.13. The summed E-state index contributed by atoms with van der Waals surface area (Å²) >= 11 is 16.8. The Balaban J connectivity index is 2.28. The Morgan fingerprint density at radius 2 is 1.80 bits per heavy atom. The zero-order valence-corrected chi connectivity index (χ0v) is 16.2. The Bertz CT molecular complexity index is 599. The molecule has 0 amide bonds. The van der Waals surface area contributed by atoms with E-state index in [0.29, 0.717) is 5.02 Å². The van der Waals surface area contributed by atoms with Gasteiger partial charge in [0.1, 0.15) is 5.75 Å². The highest BCUT2D eigenvalue weighted by Crippen LogP contribution is 2.40. The first-order valence-corrected chi connectivity index (χ1v) is 8.80. The molecule has 0 aliphatic rings. The van der Waals surface area contributed by atoms with Crippen LogP contribution in [0.1, 0.15) is 16.0 Å². The first-order chi connectivity index (χ1) is 9.51. The fourth-order valence-corrected chi connectivity index (χ4v) is 3.94. The number of benzene rings is 2. The van der Waals surface area contributed by atoms with Crippen molar-refractivity contribution in [3.8, 4) is 5.75 Å². The molecule has 0 aliphatic carbocycles. The lowest BCUT2D eigenvalue weighted by Crippen LogP contribution is -2.00. The number of ether oxygens (including phenoxy) is 1. The van der Waals surface area contributed by atoms with E-state index in [2.05, 4.69) is 59.9 Å². The second kappa shape index (κ2) is 7.30. The van der Waals surface area contributed by atoms with Gasteiger partial charge in [0.25, 0.3) is 0 Å². The monoisotopic (exact) mass is 480 g/mol. The van der Waals surface area contributed by atoms with Crippen LogP contribution in [0, 0.1) is 0 Å². The maximum Gasteiger partial charge on any atom is 0.137 e. The van der Waals surface area contributed by atoms with Crippen LogP contribution in [-0.2, 0) is 6.42 Å². The van der Waals surface area contributed by atoms with Gasteiger partial charge in [0.05, 0.1) is 11.6 Å². The van der Waals surface area contributed by atoms with Crippen molar-refractivity contribution >= 4 is 59.4 Å². The molecule has 1 atom stereocenters. The van der Waals surface area contributed by atoms with Gasteiger partial charge in [0.15, 0.2) is 0 Å². The van der Waals surface area contributed by atoms with E-state index in [4.69, 9.17) is 16.3 Å². The number of hydrogen-bond donors (Lipinski definition) is 0. The third-order valence-corrected chi connectivity index (χ3v) is 5.06. The van der Waals surface area contributed by atoms with Crippen LogP contribution in [-0.4, -0.2) is 7.11 Å². The molecule has 2 rings (SSSR count). The summed E-state index contributed by atoms with van der Waals surface area (Å²) in [6.07, 6.45) is 0.858. The van der Waals surface area contributed by atoms with Crippen LogP contribution in [0.5, 0.6) is 5.75 Å². The lowest BCUT2D eigenvalue weighted by atomic mass is 10.0.